The van der Waals surface area contributed by atoms with Crippen molar-refractivity contribution in [3.8, 4) is 0 Å². The molecular formula is C27H49N2O6+. The number of aliphatic hydroxyl groups is 1. The minimum absolute atomic E-state index is 0.0263. The Morgan fingerprint density at radius 1 is 0.829 bits per heavy atom. The van der Waals surface area contributed by atoms with E-state index in [1.165, 1.54) is 6.42 Å². The number of piperidine rings is 1. The van der Waals surface area contributed by atoms with Crippen molar-refractivity contribution in [2.24, 2.45) is 35.3 Å². The second kappa shape index (κ2) is 12.0. The van der Waals surface area contributed by atoms with Crippen molar-refractivity contribution >= 4 is 0 Å². The van der Waals surface area contributed by atoms with Crippen LogP contribution in [0.15, 0.2) is 0 Å². The minimum atomic E-state index is -0.406. The summed E-state index contributed by atoms with van der Waals surface area (Å²) in [5.74, 6) is 1.23. The first kappa shape index (κ1) is 26.3. The van der Waals surface area contributed by atoms with Crippen LogP contribution in [0.25, 0.3) is 0 Å². The SMILES string of the molecule is COC1CCC2OC[C@H]([C@H]3COC4CCC(OC)CC4[C@@H]3OCCC3CC[NH2+]C(N)C3)[C@H](O)C2C1. The third-order valence-electron chi connectivity index (χ3n) is 10.0. The monoisotopic (exact) mass is 497 g/mol. The largest absolute Gasteiger partial charge is 0.392 e. The fourth-order valence-electron chi connectivity index (χ4n) is 7.89. The average molecular weight is 498 g/mol. The van der Waals surface area contributed by atoms with E-state index in [4.69, 9.17) is 29.4 Å². The summed E-state index contributed by atoms with van der Waals surface area (Å²) in [6.07, 6.45) is 9.94. The van der Waals surface area contributed by atoms with E-state index < -0.39 is 6.10 Å². The van der Waals surface area contributed by atoms with Crippen LogP contribution in [0.5, 0.6) is 0 Å². The second-order valence-corrected chi connectivity index (χ2v) is 11.9. The molecule has 5 rings (SSSR count). The maximum Gasteiger partial charge on any atom is 0.137 e. The average Bonchev–Trinajstić information content (AvgIpc) is 2.89. The highest BCUT2D eigenvalue weighted by atomic mass is 16.5. The van der Waals surface area contributed by atoms with Gasteiger partial charge in [-0.15, -0.1) is 0 Å². The molecule has 12 atom stereocenters. The van der Waals surface area contributed by atoms with Crippen molar-refractivity contribution in [3.05, 3.63) is 0 Å². The molecule has 3 heterocycles. The van der Waals surface area contributed by atoms with E-state index in [2.05, 4.69) is 5.32 Å². The molecule has 0 aromatic heterocycles. The number of fused-ring (bicyclic) bond motifs is 2. The van der Waals surface area contributed by atoms with E-state index in [0.29, 0.717) is 25.0 Å². The minimum Gasteiger partial charge on any atom is -0.392 e. The summed E-state index contributed by atoms with van der Waals surface area (Å²) in [7, 11) is 3.60. The molecule has 0 amide bonds. The van der Waals surface area contributed by atoms with Gasteiger partial charge >= 0.3 is 0 Å². The van der Waals surface area contributed by atoms with Crippen LogP contribution in [0.4, 0.5) is 0 Å². The first-order chi connectivity index (χ1) is 17.1. The molecule has 2 aliphatic carbocycles. The van der Waals surface area contributed by atoms with Crippen molar-refractivity contribution in [2.45, 2.75) is 101 Å². The predicted molar refractivity (Wildman–Crippen MR) is 131 cm³/mol. The van der Waals surface area contributed by atoms with Crippen molar-refractivity contribution in [3.63, 3.8) is 0 Å². The fourth-order valence-corrected chi connectivity index (χ4v) is 7.89. The van der Waals surface area contributed by atoms with E-state index in [-0.39, 0.29) is 54.4 Å². The number of hydrogen-bond donors (Lipinski definition) is 3. The van der Waals surface area contributed by atoms with Gasteiger partial charge in [0.1, 0.15) is 6.17 Å². The summed E-state index contributed by atoms with van der Waals surface area (Å²) >= 11 is 0. The van der Waals surface area contributed by atoms with E-state index in [1.54, 1.807) is 7.11 Å². The van der Waals surface area contributed by atoms with Gasteiger partial charge in [-0.05, 0) is 57.3 Å². The smallest absolute Gasteiger partial charge is 0.137 e. The molecule has 0 spiro atoms. The molecule has 3 aliphatic heterocycles. The Balaban J connectivity index is 1.28. The number of hydrogen-bond acceptors (Lipinski definition) is 7. The number of ether oxygens (including phenoxy) is 5. The maximum absolute atomic E-state index is 11.6. The van der Waals surface area contributed by atoms with Crippen molar-refractivity contribution in [1.82, 2.24) is 0 Å². The standard InChI is InChI=1S/C27H48N2O6/c1-31-17-3-5-23-19(12-17)26(30)21(14-34-23)22-15-35-24-6-4-18(32-2)13-20(24)27(22)33-10-8-16-7-9-29-25(28)11-16/h16-27,29-30H,3-15,28H2,1-2H3/p+1/t16?,17?,18?,19?,20?,21-,22-,23?,24?,25?,26-,27+/m1/s1. The Labute approximate surface area is 210 Å². The van der Waals surface area contributed by atoms with Gasteiger partial charge < -0.3 is 34.1 Å². The number of aliphatic hydroxyl groups excluding tert-OH is 1. The first-order valence-corrected chi connectivity index (χ1v) is 14.2. The van der Waals surface area contributed by atoms with Gasteiger partial charge in [-0.25, -0.2) is 0 Å². The third kappa shape index (κ3) is 5.90. The summed E-state index contributed by atoms with van der Waals surface area (Å²) in [4.78, 5) is 0. The molecule has 5 N–H and O–H groups in total. The Morgan fingerprint density at radius 3 is 2.17 bits per heavy atom. The number of rotatable bonds is 7. The second-order valence-electron chi connectivity index (χ2n) is 11.9. The Bertz CT molecular complexity index is 670. The van der Waals surface area contributed by atoms with Gasteiger partial charge in [0, 0.05) is 50.9 Å². The fraction of sp³-hybridized carbons (Fsp3) is 1.00. The molecule has 2 saturated carbocycles. The molecular weight excluding hydrogens is 448 g/mol. The lowest BCUT2D eigenvalue weighted by molar-refractivity contribution is -0.699. The van der Waals surface area contributed by atoms with Crippen LogP contribution in [0.1, 0.15) is 57.8 Å². The maximum atomic E-state index is 11.6. The van der Waals surface area contributed by atoms with Gasteiger partial charge in [0.25, 0.3) is 0 Å². The number of methoxy groups -OCH3 is 2. The van der Waals surface area contributed by atoms with Crippen LogP contribution >= 0.6 is 0 Å². The highest BCUT2D eigenvalue weighted by molar-refractivity contribution is 5.00. The van der Waals surface area contributed by atoms with Crippen LogP contribution in [0.2, 0.25) is 0 Å². The molecule has 5 aliphatic rings. The van der Waals surface area contributed by atoms with Crippen LogP contribution in [0.3, 0.4) is 0 Å². The van der Waals surface area contributed by atoms with Crippen molar-refractivity contribution < 1.29 is 34.1 Å². The zero-order valence-corrected chi connectivity index (χ0v) is 21.8. The highest BCUT2D eigenvalue weighted by Gasteiger charge is 2.52. The Morgan fingerprint density at radius 2 is 1.49 bits per heavy atom. The summed E-state index contributed by atoms with van der Waals surface area (Å²) in [5, 5.41) is 13.9. The van der Waals surface area contributed by atoms with Gasteiger partial charge in [-0.3, -0.25) is 5.73 Å². The predicted octanol–water partition coefficient (Wildman–Crippen LogP) is 1.04. The number of quaternary nitrogens is 1. The van der Waals surface area contributed by atoms with E-state index in [9.17, 15) is 5.11 Å². The van der Waals surface area contributed by atoms with Gasteiger partial charge in [0.15, 0.2) is 0 Å². The number of nitrogens with two attached hydrogens (primary N) is 2. The van der Waals surface area contributed by atoms with E-state index >= 15 is 0 Å². The molecule has 0 bridgehead atoms. The molecule has 8 unspecified atom stereocenters. The zero-order valence-electron chi connectivity index (χ0n) is 21.8. The van der Waals surface area contributed by atoms with Crippen LogP contribution in [0, 0.1) is 29.6 Å². The third-order valence-corrected chi connectivity index (χ3v) is 10.0. The molecule has 3 saturated heterocycles. The quantitative estimate of drug-likeness (QED) is 0.482. The van der Waals surface area contributed by atoms with Gasteiger partial charge in [-0.1, -0.05) is 0 Å². The van der Waals surface area contributed by atoms with Gasteiger partial charge in [-0.2, -0.15) is 0 Å². The summed E-state index contributed by atoms with van der Waals surface area (Å²) < 4.78 is 31.1. The normalized spacial score (nSPS) is 48.7. The lowest BCUT2D eigenvalue weighted by Gasteiger charge is -2.52. The topological polar surface area (TPSA) is 109 Å². The summed E-state index contributed by atoms with van der Waals surface area (Å²) in [5.41, 5.74) is 6.19. The molecule has 35 heavy (non-hydrogen) atoms. The van der Waals surface area contributed by atoms with Crippen LogP contribution < -0.4 is 11.1 Å². The van der Waals surface area contributed by atoms with Crippen molar-refractivity contribution in [1.29, 1.82) is 0 Å². The van der Waals surface area contributed by atoms with Gasteiger partial charge in [0.2, 0.25) is 0 Å². The molecule has 8 heteroatoms. The summed E-state index contributed by atoms with van der Waals surface area (Å²) in [6.45, 7) is 3.10. The molecule has 0 radical (unpaired) electrons. The highest BCUT2D eigenvalue weighted by Crippen LogP contribution is 2.46. The van der Waals surface area contributed by atoms with E-state index in [1.807, 2.05) is 7.11 Å². The Kier molecular flexibility index (Phi) is 9.04. The molecule has 0 aromatic rings. The Hall–Kier alpha value is -0.320. The van der Waals surface area contributed by atoms with E-state index in [0.717, 1.165) is 64.5 Å². The lowest BCUT2D eigenvalue weighted by atomic mass is 9.67. The zero-order chi connectivity index (χ0) is 24.4. The molecule has 0 aromatic carbocycles. The van der Waals surface area contributed by atoms with Crippen LogP contribution in [-0.2, 0) is 23.7 Å². The van der Waals surface area contributed by atoms with Gasteiger partial charge in [0.05, 0.1) is 56.4 Å². The van der Waals surface area contributed by atoms with Crippen molar-refractivity contribution in [2.75, 3.05) is 40.6 Å². The molecule has 5 fully saturated rings. The molecule has 8 nitrogen and oxygen atoms in total. The first-order valence-electron chi connectivity index (χ1n) is 14.2. The lowest BCUT2D eigenvalue weighted by Crippen LogP contribution is -2.94. The van der Waals surface area contributed by atoms with Crippen LogP contribution in [-0.4, -0.2) is 88.5 Å². The molecule has 202 valence electrons. The summed E-state index contributed by atoms with van der Waals surface area (Å²) in [6, 6.07) is 0.